The van der Waals surface area contributed by atoms with Crippen LogP contribution in [0.4, 0.5) is 0 Å². The average Bonchev–Trinajstić information content (AvgIpc) is 2.80. The predicted octanol–water partition coefficient (Wildman–Crippen LogP) is 6.74. The van der Waals surface area contributed by atoms with E-state index < -0.39 is 0 Å². The Hall–Kier alpha value is -1.82. The molecule has 1 heterocycles. The van der Waals surface area contributed by atoms with Crippen LogP contribution in [0.15, 0.2) is 89.8 Å². The minimum atomic E-state index is -0.194. The maximum atomic E-state index is 6.43. The fraction of sp³-hybridized carbons (Fsp3) is 0.308. The largest absolute Gasteiger partial charge is 0.371 e. The topological polar surface area (TPSA) is 27.7 Å². The van der Waals surface area contributed by atoms with Crippen molar-refractivity contribution in [2.24, 2.45) is 0 Å². The third-order valence-electron chi connectivity index (χ3n) is 5.22. The SMILES string of the molecule is C[C@H]1C[C@@H](OCc2ccccc2)[C@H](OCc2ccccc2)C(Sc2ccc(Cl)cc2)O1. The smallest absolute Gasteiger partial charge is 0.136 e. The number of thioether (sulfide) groups is 1. The van der Waals surface area contributed by atoms with Gasteiger partial charge in [-0.25, -0.2) is 0 Å². The lowest BCUT2D eigenvalue weighted by molar-refractivity contribution is -0.178. The van der Waals surface area contributed by atoms with E-state index in [1.165, 1.54) is 0 Å². The van der Waals surface area contributed by atoms with E-state index in [0.717, 1.165) is 27.5 Å². The maximum Gasteiger partial charge on any atom is 0.136 e. The molecule has 1 fully saturated rings. The zero-order valence-corrected chi connectivity index (χ0v) is 19.1. The van der Waals surface area contributed by atoms with Gasteiger partial charge in [0.15, 0.2) is 0 Å². The summed E-state index contributed by atoms with van der Waals surface area (Å²) in [6.07, 6.45) is 0.629. The van der Waals surface area contributed by atoms with Crippen molar-refractivity contribution in [2.75, 3.05) is 0 Å². The minimum absolute atomic E-state index is 0.0579. The monoisotopic (exact) mass is 454 g/mol. The van der Waals surface area contributed by atoms with Gasteiger partial charge in [-0.2, -0.15) is 0 Å². The second kappa shape index (κ2) is 11.2. The maximum absolute atomic E-state index is 6.43. The summed E-state index contributed by atoms with van der Waals surface area (Å²) in [5.74, 6) is 0. The van der Waals surface area contributed by atoms with Gasteiger partial charge in [0.1, 0.15) is 11.5 Å². The minimum Gasteiger partial charge on any atom is -0.371 e. The van der Waals surface area contributed by atoms with Gasteiger partial charge in [0.25, 0.3) is 0 Å². The Morgan fingerprint density at radius 3 is 2.03 bits per heavy atom. The second-order valence-electron chi connectivity index (χ2n) is 7.72. The highest BCUT2D eigenvalue weighted by Gasteiger charge is 2.39. The van der Waals surface area contributed by atoms with E-state index in [9.17, 15) is 0 Å². The Morgan fingerprint density at radius 1 is 0.839 bits per heavy atom. The first-order valence-electron chi connectivity index (χ1n) is 10.6. The summed E-state index contributed by atoms with van der Waals surface area (Å²) in [6.45, 7) is 3.18. The Labute approximate surface area is 193 Å². The summed E-state index contributed by atoms with van der Waals surface area (Å²) in [7, 11) is 0. The molecule has 0 aliphatic carbocycles. The van der Waals surface area contributed by atoms with E-state index in [-0.39, 0.29) is 23.7 Å². The van der Waals surface area contributed by atoms with Gasteiger partial charge in [0, 0.05) is 16.3 Å². The van der Waals surface area contributed by atoms with Crippen molar-refractivity contribution in [1.29, 1.82) is 0 Å². The first-order chi connectivity index (χ1) is 15.2. The van der Waals surface area contributed by atoms with Crippen molar-refractivity contribution in [3.05, 3.63) is 101 Å². The molecule has 31 heavy (non-hydrogen) atoms. The van der Waals surface area contributed by atoms with Crippen molar-refractivity contribution in [2.45, 2.75) is 55.2 Å². The number of ether oxygens (including phenoxy) is 3. The quantitative estimate of drug-likeness (QED) is 0.376. The molecule has 0 spiro atoms. The van der Waals surface area contributed by atoms with Gasteiger partial charge < -0.3 is 14.2 Å². The summed E-state index contributed by atoms with van der Waals surface area (Å²) in [5.41, 5.74) is 2.12. The second-order valence-corrected chi connectivity index (χ2v) is 9.33. The van der Waals surface area contributed by atoms with Crippen LogP contribution in [0.1, 0.15) is 24.5 Å². The van der Waals surface area contributed by atoms with Crippen molar-refractivity contribution < 1.29 is 14.2 Å². The molecule has 0 aromatic heterocycles. The molecule has 0 bridgehead atoms. The van der Waals surface area contributed by atoms with Gasteiger partial charge >= 0.3 is 0 Å². The first-order valence-corrected chi connectivity index (χ1v) is 11.8. The fourth-order valence-corrected chi connectivity index (χ4v) is 4.95. The molecule has 0 radical (unpaired) electrons. The van der Waals surface area contributed by atoms with E-state index in [0.29, 0.717) is 13.2 Å². The van der Waals surface area contributed by atoms with Gasteiger partial charge in [-0.15, -0.1) is 0 Å². The average molecular weight is 455 g/mol. The van der Waals surface area contributed by atoms with E-state index >= 15 is 0 Å². The highest BCUT2D eigenvalue weighted by molar-refractivity contribution is 7.99. The fourth-order valence-electron chi connectivity index (χ4n) is 3.63. The number of halogens is 1. The molecule has 1 aliphatic heterocycles. The van der Waals surface area contributed by atoms with Crippen LogP contribution >= 0.6 is 23.4 Å². The van der Waals surface area contributed by atoms with E-state index in [4.69, 9.17) is 25.8 Å². The van der Waals surface area contributed by atoms with Gasteiger partial charge in [-0.3, -0.25) is 0 Å². The Bertz CT molecular complexity index is 920. The van der Waals surface area contributed by atoms with Gasteiger partial charge in [-0.05, 0) is 42.3 Å². The third-order valence-corrected chi connectivity index (χ3v) is 6.63. The van der Waals surface area contributed by atoms with Crippen LogP contribution in [0, 0.1) is 0 Å². The molecule has 0 saturated carbocycles. The Morgan fingerprint density at radius 2 is 1.42 bits per heavy atom. The molecule has 3 nitrogen and oxygen atoms in total. The zero-order valence-electron chi connectivity index (χ0n) is 17.5. The Balaban J connectivity index is 1.50. The molecule has 1 aliphatic rings. The normalized spacial score (nSPS) is 23.5. The third kappa shape index (κ3) is 6.58. The molecule has 1 unspecified atom stereocenters. The van der Waals surface area contributed by atoms with Crippen molar-refractivity contribution >= 4 is 23.4 Å². The lowest BCUT2D eigenvalue weighted by atomic mass is 10.0. The molecule has 5 heteroatoms. The lowest BCUT2D eigenvalue weighted by Gasteiger charge is -2.40. The highest BCUT2D eigenvalue weighted by atomic mass is 35.5. The molecule has 162 valence electrons. The van der Waals surface area contributed by atoms with Crippen molar-refractivity contribution in [1.82, 2.24) is 0 Å². The number of hydrogen-bond donors (Lipinski definition) is 0. The molecule has 3 aromatic rings. The highest BCUT2D eigenvalue weighted by Crippen LogP contribution is 2.36. The lowest BCUT2D eigenvalue weighted by Crippen LogP contribution is -2.48. The van der Waals surface area contributed by atoms with Crippen LogP contribution in [0.5, 0.6) is 0 Å². The van der Waals surface area contributed by atoms with Crippen molar-refractivity contribution in [3.8, 4) is 0 Å². The summed E-state index contributed by atoms with van der Waals surface area (Å²) in [6, 6.07) is 28.3. The van der Waals surface area contributed by atoms with Crippen LogP contribution in [0.2, 0.25) is 5.02 Å². The van der Waals surface area contributed by atoms with E-state index in [1.54, 1.807) is 11.8 Å². The van der Waals surface area contributed by atoms with Crippen LogP contribution in [0.25, 0.3) is 0 Å². The molecule has 0 amide bonds. The Kier molecular flexibility index (Phi) is 8.06. The summed E-state index contributed by atoms with van der Waals surface area (Å²) >= 11 is 7.72. The summed E-state index contributed by atoms with van der Waals surface area (Å²) < 4.78 is 19.1. The number of hydrogen-bond acceptors (Lipinski definition) is 4. The van der Waals surface area contributed by atoms with E-state index in [1.807, 2.05) is 60.7 Å². The molecular weight excluding hydrogens is 428 g/mol. The van der Waals surface area contributed by atoms with E-state index in [2.05, 4.69) is 31.2 Å². The predicted molar refractivity (Wildman–Crippen MR) is 126 cm³/mol. The molecular formula is C26H27ClO3S. The van der Waals surface area contributed by atoms with Crippen LogP contribution in [-0.2, 0) is 27.4 Å². The summed E-state index contributed by atoms with van der Waals surface area (Å²) in [5, 5.41) is 0.725. The first kappa shape index (κ1) is 22.4. The number of benzene rings is 3. The van der Waals surface area contributed by atoms with Crippen LogP contribution in [-0.4, -0.2) is 23.7 Å². The molecule has 4 atom stereocenters. The van der Waals surface area contributed by atoms with Gasteiger partial charge in [-0.1, -0.05) is 84.0 Å². The zero-order chi connectivity index (χ0) is 21.5. The molecule has 0 N–H and O–H groups in total. The van der Waals surface area contributed by atoms with Crippen LogP contribution < -0.4 is 0 Å². The number of rotatable bonds is 8. The summed E-state index contributed by atoms with van der Waals surface area (Å²) in [4.78, 5) is 1.10. The molecule has 3 aromatic carbocycles. The molecule has 1 saturated heterocycles. The molecule has 4 rings (SSSR count). The standard InChI is InChI=1S/C26H27ClO3S/c1-19-16-24(28-17-20-8-4-2-5-9-20)25(29-18-21-10-6-3-7-11-21)26(30-19)31-23-14-12-22(27)13-15-23/h2-15,19,24-26H,16-18H2,1H3/t19-,24+,25-,26?/m0/s1. The van der Waals surface area contributed by atoms with Gasteiger partial charge in [0.05, 0.1) is 25.4 Å². The van der Waals surface area contributed by atoms with Crippen LogP contribution in [0.3, 0.4) is 0 Å². The van der Waals surface area contributed by atoms with Gasteiger partial charge in [0.2, 0.25) is 0 Å². The van der Waals surface area contributed by atoms with Crippen molar-refractivity contribution in [3.63, 3.8) is 0 Å².